The normalized spacial score (nSPS) is 15.2. The van der Waals surface area contributed by atoms with Gasteiger partial charge in [-0.25, -0.2) is 4.39 Å². The molecule has 1 aromatic carbocycles. The maximum absolute atomic E-state index is 13.2. The molecule has 0 unspecified atom stereocenters. The first-order valence-corrected chi connectivity index (χ1v) is 9.40. The lowest BCUT2D eigenvalue weighted by atomic mass is 9.98. The van der Waals surface area contributed by atoms with Gasteiger partial charge in [-0.15, -0.1) is 0 Å². The molecular weight excluding hydrogens is 323 g/mol. The van der Waals surface area contributed by atoms with Crippen LogP contribution in [0.3, 0.4) is 0 Å². The first-order chi connectivity index (χ1) is 11.7. The molecular formula is C19H21FN2OS. The molecule has 0 N–H and O–H groups in total. The average molecular weight is 344 g/mol. The topological polar surface area (TPSA) is 33.2 Å². The predicted molar refractivity (Wildman–Crippen MR) is 96.5 cm³/mol. The van der Waals surface area contributed by atoms with E-state index in [9.17, 15) is 9.18 Å². The van der Waals surface area contributed by atoms with Crippen molar-refractivity contribution in [1.82, 2.24) is 4.98 Å². The molecule has 3 nitrogen and oxygen atoms in total. The highest BCUT2D eigenvalue weighted by atomic mass is 32.2. The van der Waals surface area contributed by atoms with E-state index < -0.39 is 0 Å². The highest BCUT2D eigenvalue weighted by Gasteiger charge is 2.22. The van der Waals surface area contributed by atoms with Crippen molar-refractivity contribution >= 4 is 23.4 Å². The van der Waals surface area contributed by atoms with Crippen LogP contribution in [-0.2, 0) is 11.3 Å². The number of rotatable bonds is 5. The standard InChI is InChI=1S/C19H21FN2OS/c20-17-3-5-18(6-4-17)22(14-16-2-1-9-21-13-16)19(23)12-15-7-10-24-11-8-15/h1-6,9,13,15H,7-8,10-12,14H2. The van der Waals surface area contributed by atoms with E-state index in [-0.39, 0.29) is 11.7 Å². The van der Waals surface area contributed by atoms with Gasteiger partial charge in [0.25, 0.3) is 0 Å². The highest BCUT2D eigenvalue weighted by Crippen LogP contribution is 2.27. The van der Waals surface area contributed by atoms with E-state index in [0.29, 0.717) is 18.9 Å². The van der Waals surface area contributed by atoms with E-state index in [1.807, 2.05) is 23.9 Å². The first kappa shape index (κ1) is 17.0. The van der Waals surface area contributed by atoms with Gasteiger partial charge in [0.1, 0.15) is 5.82 Å². The van der Waals surface area contributed by atoms with Crippen molar-refractivity contribution < 1.29 is 9.18 Å². The molecule has 0 spiro atoms. The number of hydrogen-bond acceptors (Lipinski definition) is 3. The Kier molecular flexibility index (Phi) is 5.86. The van der Waals surface area contributed by atoms with Gasteiger partial charge < -0.3 is 4.90 Å². The maximum atomic E-state index is 13.2. The second kappa shape index (κ2) is 8.29. The zero-order chi connectivity index (χ0) is 16.8. The fraction of sp³-hybridized carbons (Fsp3) is 0.368. The molecule has 1 aliphatic heterocycles. The Labute approximate surface area is 146 Å². The number of hydrogen-bond donors (Lipinski definition) is 0. The smallest absolute Gasteiger partial charge is 0.227 e. The van der Waals surface area contributed by atoms with Crippen LogP contribution in [0.2, 0.25) is 0 Å². The van der Waals surface area contributed by atoms with Gasteiger partial charge in [0.05, 0.1) is 6.54 Å². The van der Waals surface area contributed by atoms with Gasteiger partial charge >= 0.3 is 0 Å². The lowest BCUT2D eigenvalue weighted by Crippen LogP contribution is -2.32. The summed E-state index contributed by atoms with van der Waals surface area (Å²) in [4.78, 5) is 18.8. The summed E-state index contributed by atoms with van der Waals surface area (Å²) in [6, 6.07) is 9.95. The van der Waals surface area contributed by atoms with Crippen LogP contribution in [0.15, 0.2) is 48.8 Å². The van der Waals surface area contributed by atoms with Crippen molar-refractivity contribution in [3.05, 3.63) is 60.2 Å². The molecule has 0 saturated carbocycles. The molecule has 0 radical (unpaired) electrons. The van der Waals surface area contributed by atoms with Crippen LogP contribution in [-0.4, -0.2) is 22.4 Å². The van der Waals surface area contributed by atoms with Crippen molar-refractivity contribution in [2.45, 2.75) is 25.8 Å². The van der Waals surface area contributed by atoms with Crippen LogP contribution in [0.5, 0.6) is 0 Å². The summed E-state index contributed by atoms with van der Waals surface area (Å²) in [5, 5.41) is 0. The van der Waals surface area contributed by atoms with Crippen LogP contribution < -0.4 is 4.90 Å². The summed E-state index contributed by atoms with van der Waals surface area (Å²) < 4.78 is 13.2. The second-order valence-corrected chi connectivity index (χ2v) is 7.30. The minimum Gasteiger partial charge on any atom is -0.308 e. The Bertz CT molecular complexity index is 657. The molecule has 1 aliphatic rings. The molecule has 1 saturated heterocycles. The molecule has 0 bridgehead atoms. The first-order valence-electron chi connectivity index (χ1n) is 8.25. The Morgan fingerprint density at radius 2 is 1.96 bits per heavy atom. The van der Waals surface area contributed by atoms with Crippen molar-refractivity contribution in [2.24, 2.45) is 5.92 Å². The van der Waals surface area contributed by atoms with E-state index in [4.69, 9.17) is 0 Å². The van der Waals surface area contributed by atoms with Gasteiger partial charge in [-0.05, 0) is 66.2 Å². The largest absolute Gasteiger partial charge is 0.308 e. The molecule has 2 heterocycles. The van der Waals surface area contributed by atoms with Crippen molar-refractivity contribution in [3.63, 3.8) is 0 Å². The number of nitrogens with zero attached hydrogens (tertiary/aromatic N) is 2. The average Bonchev–Trinajstić information content (AvgIpc) is 2.62. The highest BCUT2D eigenvalue weighted by molar-refractivity contribution is 7.99. The lowest BCUT2D eigenvalue weighted by molar-refractivity contribution is -0.119. The summed E-state index contributed by atoms with van der Waals surface area (Å²) in [6.45, 7) is 0.458. The summed E-state index contributed by atoms with van der Waals surface area (Å²) >= 11 is 1.96. The zero-order valence-electron chi connectivity index (χ0n) is 13.5. The van der Waals surface area contributed by atoms with E-state index in [0.717, 1.165) is 35.6 Å². The SMILES string of the molecule is O=C(CC1CCSCC1)N(Cc1cccnc1)c1ccc(F)cc1. The molecule has 24 heavy (non-hydrogen) atoms. The van der Waals surface area contributed by atoms with Crippen molar-refractivity contribution in [3.8, 4) is 0 Å². The third-order valence-electron chi connectivity index (χ3n) is 4.31. The molecule has 3 rings (SSSR count). The number of halogens is 1. The number of carbonyl (C=O) groups excluding carboxylic acids is 1. The van der Waals surface area contributed by atoms with Crippen LogP contribution >= 0.6 is 11.8 Å². The minimum absolute atomic E-state index is 0.0994. The molecule has 0 aliphatic carbocycles. The molecule has 2 aromatic rings. The van der Waals surface area contributed by atoms with E-state index in [1.54, 1.807) is 29.4 Å². The van der Waals surface area contributed by atoms with Gasteiger partial charge in [-0.3, -0.25) is 9.78 Å². The monoisotopic (exact) mass is 344 g/mol. The Hall–Kier alpha value is -1.88. The summed E-state index contributed by atoms with van der Waals surface area (Å²) in [6.07, 6.45) is 6.23. The molecule has 1 aromatic heterocycles. The molecule has 5 heteroatoms. The van der Waals surface area contributed by atoms with Gasteiger partial charge in [0.15, 0.2) is 0 Å². The number of pyridine rings is 1. The summed E-state index contributed by atoms with van der Waals surface area (Å²) in [7, 11) is 0. The number of carbonyl (C=O) groups is 1. The predicted octanol–water partition coefficient (Wildman–Crippen LogP) is 4.29. The van der Waals surface area contributed by atoms with Crippen molar-refractivity contribution in [1.29, 1.82) is 0 Å². The van der Waals surface area contributed by atoms with Gasteiger partial charge in [0.2, 0.25) is 5.91 Å². The number of amides is 1. The summed E-state index contributed by atoms with van der Waals surface area (Å²) in [5.74, 6) is 2.53. The minimum atomic E-state index is -0.295. The van der Waals surface area contributed by atoms with E-state index >= 15 is 0 Å². The molecule has 1 fully saturated rings. The molecule has 1 amide bonds. The third-order valence-corrected chi connectivity index (χ3v) is 5.36. The number of anilines is 1. The maximum Gasteiger partial charge on any atom is 0.227 e. The Morgan fingerprint density at radius 3 is 2.62 bits per heavy atom. The number of aromatic nitrogens is 1. The lowest BCUT2D eigenvalue weighted by Gasteiger charge is -2.27. The summed E-state index contributed by atoms with van der Waals surface area (Å²) in [5.41, 5.74) is 1.70. The van der Waals surface area contributed by atoms with E-state index in [2.05, 4.69) is 4.98 Å². The van der Waals surface area contributed by atoms with Gasteiger partial charge in [-0.1, -0.05) is 6.07 Å². The molecule has 126 valence electrons. The van der Waals surface area contributed by atoms with Crippen LogP contribution in [0.4, 0.5) is 10.1 Å². The van der Waals surface area contributed by atoms with Crippen LogP contribution in [0, 0.1) is 11.7 Å². The zero-order valence-corrected chi connectivity index (χ0v) is 14.3. The van der Waals surface area contributed by atoms with Crippen LogP contribution in [0.1, 0.15) is 24.8 Å². The number of benzene rings is 1. The van der Waals surface area contributed by atoms with Gasteiger partial charge in [0, 0.05) is 24.5 Å². The van der Waals surface area contributed by atoms with Crippen molar-refractivity contribution in [2.75, 3.05) is 16.4 Å². The number of thioether (sulfide) groups is 1. The van der Waals surface area contributed by atoms with E-state index in [1.165, 1.54) is 12.1 Å². The second-order valence-electron chi connectivity index (χ2n) is 6.08. The fourth-order valence-electron chi connectivity index (χ4n) is 2.93. The molecule has 0 atom stereocenters. The quantitative estimate of drug-likeness (QED) is 0.811. The van der Waals surface area contributed by atoms with Crippen LogP contribution in [0.25, 0.3) is 0 Å². The Morgan fingerprint density at radius 1 is 1.21 bits per heavy atom. The third kappa shape index (κ3) is 4.57. The van der Waals surface area contributed by atoms with Gasteiger partial charge in [-0.2, -0.15) is 11.8 Å². The Balaban J connectivity index is 1.77. The fourth-order valence-corrected chi connectivity index (χ4v) is 4.13.